The smallest absolute Gasteiger partial charge is 0.128 e. The van der Waals surface area contributed by atoms with Crippen LogP contribution in [0, 0.1) is 5.41 Å². The lowest BCUT2D eigenvalue weighted by molar-refractivity contribution is 0.362. The van der Waals surface area contributed by atoms with Gasteiger partial charge >= 0.3 is 0 Å². The molecule has 1 aliphatic heterocycles. The van der Waals surface area contributed by atoms with E-state index in [2.05, 4.69) is 36.3 Å². The minimum Gasteiger partial charge on any atom is -0.369 e. The zero-order chi connectivity index (χ0) is 10.0. The van der Waals surface area contributed by atoms with E-state index in [4.69, 9.17) is 0 Å². The highest BCUT2D eigenvalue weighted by Crippen LogP contribution is 2.18. The highest BCUT2D eigenvalue weighted by molar-refractivity contribution is 5.99. The van der Waals surface area contributed by atoms with Crippen LogP contribution in [0.2, 0.25) is 0 Å². The Labute approximate surface area is 85.1 Å². The van der Waals surface area contributed by atoms with Crippen molar-refractivity contribution in [2.45, 2.75) is 13.8 Å². The van der Waals surface area contributed by atoms with Crippen LogP contribution in [0.5, 0.6) is 0 Å². The molecule has 1 aromatic rings. The van der Waals surface area contributed by atoms with Crippen molar-refractivity contribution in [2.75, 3.05) is 13.1 Å². The minimum atomic E-state index is 0.290. The number of nitrogens with zero attached hydrogens (tertiary/aromatic N) is 1. The van der Waals surface area contributed by atoms with Crippen molar-refractivity contribution in [2.24, 2.45) is 10.4 Å². The van der Waals surface area contributed by atoms with Crippen LogP contribution in [0.3, 0.4) is 0 Å². The zero-order valence-corrected chi connectivity index (χ0v) is 8.75. The second-order valence-corrected chi connectivity index (χ2v) is 4.55. The summed E-state index contributed by atoms with van der Waals surface area (Å²) in [6.45, 7) is 6.36. The number of hydrogen-bond acceptors (Lipinski definition) is 2. The number of hydrogen-bond donors (Lipinski definition) is 1. The molecule has 0 bridgehead atoms. The summed E-state index contributed by atoms with van der Waals surface area (Å²) in [5.74, 6) is 1.03. The largest absolute Gasteiger partial charge is 0.369 e. The van der Waals surface area contributed by atoms with E-state index in [-0.39, 0.29) is 5.41 Å². The second-order valence-electron chi connectivity index (χ2n) is 4.55. The van der Waals surface area contributed by atoms with E-state index in [1.165, 1.54) is 5.56 Å². The normalized spacial score (nSPS) is 19.7. The van der Waals surface area contributed by atoms with Crippen molar-refractivity contribution in [3.05, 3.63) is 35.9 Å². The summed E-state index contributed by atoms with van der Waals surface area (Å²) < 4.78 is 0. The van der Waals surface area contributed by atoms with Gasteiger partial charge in [-0.1, -0.05) is 44.2 Å². The molecule has 0 unspecified atom stereocenters. The van der Waals surface area contributed by atoms with Crippen LogP contribution in [0.15, 0.2) is 35.3 Å². The fourth-order valence-electron chi connectivity index (χ4n) is 1.52. The van der Waals surface area contributed by atoms with Crippen LogP contribution in [-0.4, -0.2) is 18.9 Å². The maximum Gasteiger partial charge on any atom is 0.128 e. The van der Waals surface area contributed by atoms with Gasteiger partial charge in [0.1, 0.15) is 5.84 Å². The summed E-state index contributed by atoms with van der Waals surface area (Å²) in [6, 6.07) is 10.3. The average Bonchev–Trinajstić information content (AvgIpc) is 2.19. The molecular weight excluding hydrogens is 172 g/mol. The molecule has 2 nitrogen and oxygen atoms in total. The molecule has 0 saturated carbocycles. The SMILES string of the molecule is CC1(C)CN=C(c2ccccc2)NC1. The average molecular weight is 188 g/mol. The quantitative estimate of drug-likeness (QED) is 0.716. The molecule has 14 heavy (non-hydrogen) atoms. The number of rotatable bonds is 1. The lowest BCUT2D eigenvalue weighted by Gasteiger charge is -2.29. The van der Waals surface area contributed by atoms with Crippen molar-refractivity contribution in [1.29, 1.82) is 0 Å². The predicted octanol–water partition coefficient (Wildman–Crippen LogP) is 2.06. The molecule has 1 aromatic carbocycles. The first-order valence-electron chi connectivity index (χ1n) is 5.01. The molecule has 0 atom stereocenters. The van der Waals surface area contributed by atoms with Gasteiger partial charge in [0, 0.05) is 24.1 Å². The Bertz CT molecular complexity index is 339. The first kappa shape index (κ1) is 9.25. The van der Waals surface area contributed by atoms with Crippen molar-refractivity contribution >= 4 is 5.84 Å². The van der Waals surface area contributed by atoms with Crippen molar-refractivity contribution in [3.8, 4) is 0 Å². The minimum absolute atomic E-state index is 0.290. The van der Waals surface area contributed by atoms with E-state index in [1.807, 2.05) is 18.2 Å². The monoisotopic (exact) mass is 188 g/mol. The van der Waals surface area contributed by atoms with Gasteiger partial charge in [0.2, 0.25) is 0 Å². The molecule has 0 aliphatic carbocycles. The summed E-state index contributed by atoms with van der Waals surface area (Å²) in [7, 11) is 0. The lowest BCUT2D eigenvalue weighted by atomic mass is 9.92. The Morgan fingerprint density at radius 1 is 1.21 bits per heavy atom. The van der Waals surface area contributed by atoms with E-state index in [0.717, 1.165) is 18.9 Å². The van der Waals surface area contributed by atoms with Crippen LogP contribution in [0.25, 0.3) is 0 Å². The van der Waals surface area contributed by atoms with E-state index in [9.17, 15) is 0 Å². The van der Waals surface area contributed by atoms with E-state index in [1.54, 1.807) is 0 Å². The maximum atomic E-state index is 4.56. The molecule has 0 fully saturated rings. The highest BCUT2D eigenvalue weighted by atomic mass is 15.0. The van der Waals surface area contributed by atoms with Gasteiger partial charge in [-0.3, -0.25) is 4.99 Å². The maximum absolute atomic E-state index is 4.56. The van der Waals surface area contributed by atoms with Gasteiger partial charge in [0.05, 0.1) is 0 Å². The van der Waals surface area contributed by atoms with Crippen LogP contribution in [0.1, 0.15) is 19.4 Å². The van der Waals surface area contributed by atoms with Crippen molar-refractivity contribution < 1.29 is 0 Å². The molecule has 0 spiro atoms. The Kier molecular flexibility index (Phi) is 2.28. The molecule has 2 heteroatoms. The topological polar surface area (TPSA) is 24.4 Å². The van der Waals surface area contributed by atoms with Gasteiger partial charge in [0.25, 0.3) is 0 Å². The first-order chi connectivity index (χ1) is 6.67. The zero-order valence-electron chi connectivity index (χ0n) is 8.75. The Morgan fingerprint density at radius 2 is 1.93 bits per heavy atom. The van der Waals surface area contributed by atoms with Crippen molar-refractivity contribution in [1.82, 2.24) is 5.32 Å². The van der Waals surface area contributed by atoms with Gasteiger partial charge < -0.3 is 5.32 Å². The van der Waals surface area contributed by atoms with E-state index < -0.39 is 0 Å². The molecule has 0 aromatic heterocycles. The molecule has 0 radical (unpaired) electrons. The summed E-state index contributed by atoms with van der Waals surface area (Å²) in [5.41, 5.74) is 1.47. The Hall–Kier alpha value is -1.31. The summed E-state index contributed by atoms with van der Waals surface area (Å²) >= 11 is 0. The molecule has 2 rings (SSSR count). The van der Waals surface area contributed by atoms with Crippen LogP contribution >= 0.6 is 0 Å². The van der Waals surface area contributed by atoms with Crippen LogP contribution < -0.4 is 5.32 Å². The Balaban J connectivity index is 2.19. The van der Waals surface area contributed by atoms with Gasteiger partial charge in [-0.15, -0.1) is 0 Å². The molecule has 1 N–H and O–H groups in total. The number of benzene rings is 1. The third-order valence-corrected chi connectivity index (χ3v) is 2.45. The van der Waals surface area contributed by atoms with Crippen LogP contribution in [-0.2, 0) is 0 Å². The van der Waals surface area contributed by atoms with E-state index >= 15 is 0 Å². The molecular formula is C12H16N2. The van der Waals surface area contributed by atoms with Gasteiger partial charge in [-0.25, -0.2) is 0 Å². The van der Waals surface area contributed by atoms with Gasteiger partial charge in [-0.2, -0.15) is 0 Å². The van der Waals surface area contributed by atoms with E-state index in [0.29, 0.717) is 0 Å². The summed E-state index contributed by atoms with van der Waals surface area (Å²) in [6.07, 6.45) is 0. The third kappa shape index (κ3) is 1.95. The van der Waals surface area contributed by atoms with Gasteiger partial charge in [0.15, 0.2) is 0 Å². The highest BCUT2D eigenvalue weighted by Gasteiger charge is 2.22. The Morgan fingerprint density at radius 3 is 2.50 bits per heavy atom. The number of aliphatic imine (C=N–C) groups is 1. The van der Waals surface area contributed by atoms with Gasteiger partial charge in [-0.05, 0) is 0 Å². The fraction of sp³-hybridized carbons (Fsp3) is 0.417. The lowest BCUT2D eigenvalue weighted by Crippen LogP contribution is -2.41. The second kappa shape index (κ2) is 3.45. The summed E-state index contributed by atoms with van der Waals surface area (Å²) in [5, 5.41) is 3.38. The molecule has 74 valence electrons. The summed E-state index contributed by atoms with van der Waals surface area (Å²) in [4.78, 5) is 4.56. The molecule has 1 aliphatic rings. The molecule has 0 saturated heterocycles. The van der Waals surface area contributed by atoms with Crippen molar-refractivity contribution in [3.63, 3.8) is 0 Å². The fourth-order valence-corrected chi connectivity index (χ4v) is 1.52. The molecule has 0 amide bonds. The van der Waals surface area contributed by atoms with Crippen LogP contribution in [0.4, 0.5) is 0 Å². The predicted molar refractivity (Wildman–Crippen MR) is 59.6 cm³/mol. The number of nitrogens with one attached hydrogen (secondary N) is 1. The molecule has 1 heterocycles. The standard InChI is InChI=1S/C12H16N2/c1-12(2)8-13-11(14-9-12)10-6-4-3-5-7-10/h3-7H,8-9H2,1-2H3,(H,13,14). The number of amidine groups is 1. The first-order valence-corrected chi connectivity index (χ1v) is 5.01. The third-order valence-electron chi connectivity index (χ3n) is 2.45.